The molecule has 0 atom stereocenters. The molecule has 0 saturated heterocycles. The van der Waals surface area contributed by atoms with Crippen molar-refractivity contribution in [3.63, 3.8) is 0 Å². The van der Waals surface area contributed by atoms with Crippen LogP contribution in [0.3, 0.4) is 0 Å². The van der Waals surface area contributed by atoms with Crippen LogP contribution in [0.15, 0.2) is 103 Å². The van der Waals surface area contributed by atoms with E-state index < -0.39 is 5.60 Å². The van der Waals surface area contributed by atoms with Gasteiger partial charge in [0.1, 0.15) is 5.60 Å². The average molecular weight is 337 g/mol. The highest BCUT2D eigenvalue weighted by Gasteiger charge is 2.37. The van der Waals surface area contributed by atoms with Gasteiger partial charge in [-0.3, -0.25) is 0 Å². The topological polar surface area (TPSA) is 9.23 Å². The molecule has 2 heteroatoms. The molecule has 4 aromatic rings. The van der Waals surface area contributed by atoms with Gasteiger partial charge in [0, 0.05) is 0 Å². The van der Waals surface area contributed by atoms with Crippen LogP contribution < -0.4 is 0 Å². The van der Waals surface area contributed by atoms with Gasteiger partial charge in [0.25, 0.3) is 0 Å². The van der Waals surface area contributed by atoms with Gasteiger partial charge in [0.05, 0.1) is 0 Å². The summed E-state index contributed by atoms with van der Waals surface area (Å²) in [6.45, 7) is 0. The summed E-state index contributed by atoms with van der Waals surface area (Å²) < 4.78 is 6.11. The van der Waals surface area contributed by atoms with E-state index in [2.05, 4.69) is 77.2 Å². The van der Waals surface area contributed by atoms with E-state index in [0.29, 0.717) is 0 Å². The number of benzene rings is 4. The molecule has 3 radical (unpaired) electrons. The summed E-state index contributed by atoms with van der Waals surface area (Å²) in [5.74, 6) is 0. The number of rotatable bonds is 4. The third-order valence-corrected chi connectivity index (χ3v) is 4.99. The van der Waals surface area contributed by atoms with E-state index in [-0.39, 0.29) is 0 Å². The zero-order valence-corrected chi connectivity index (χ0v) is 14.7. The first-order chi connectivity index (χ1) is 12.4. The SMILES string of the molecule is [Si]OC(c1ccccc1)(c1ccccc1)c1cccc2ccccc12. The molecule has 4 aromatic carbocycles. The van der Waals surface area contributed by atoms with Crippen molar-refractivity contribution >= 4 is 21.3 Å². The summed E-state index contributed by atoms with van der Waals surface area (Å²) in [6.07, 6.45) is 0. The van der Waals surface area contributed by atoms with Gasteiger partial charge in [-0.25, -0.2) is 0 Å². The lowest BCUT2D eigenvalue weighted by molar-refractivity contribution is 0.175. The van der Waals surface area contributed by atoms with Crippen molar-refractivity contribution < 1.29 is 4.43 Å². The summed E-state index contributed by atoms with van der Waals surface area (Å²) in [4.78, 5) is 0. The molecule has 0 aliphatic heterocycles. The number of fused-ring (bicyclic) bond motifs is 1. The highest BCUT2D eigenvalue weighted by molar-refractivity contribution is 5.99. The van der Waals surface area contributed by atoms with Crippen LogP contribution >= 0.6 is 0 Å². The maximum absolute atomic E-state index is 6.11. The highest BCUT2D eigenvalue weighted by atomic mass is 28.2. The molecule has 0 amide bonds. The van der Waals surface area contributed by atoms with E-state index in [4.69, 9.17) is 4.43 Å². The fraction of sp³-hybridized carbons (Fsp3) is 0.0435. The van der Waals surface area contributed by atoms with Gasteiger partial charge in [-0.1, -0.05) is 103 Å². The fourth-order valence-corrected chi connectivity index (χ4v) is 3.87. The van der Waals surface area contributed by atoms with Crippen molar-refractivity contribution in [3.05, 3.63) is 120 Å². The molecule has 25 heavy (non-hydrogen) atoms. The van der Waals surface area contributed by atoms with Crippen LogP contribution in [0.2, 0.25) is 0 Å². The number of hydrogen-bond donors (Lipinski definition) is 0. The van der Waals surface area contributed by atoms with Crippen molar-refractivity contribution in [1.29, 1.82) is 0 Å². The quantitative estimate of drug-likeness (QED) is 0.366. The first-order valence-corrected chi connectivity index (χ1v) is 8.71. The highest BCUT2D eigenvalue weighted by Crippen LogP contribution is 2.42. The van der Waals surface area contributed by atoms with Crippen LogP contribution in [0.1, 0.15) is 16.7 Å². The molecule has 0 unspecified atom stereocenters. The van der Waals surface area contributed by atoms with Crippen LogP contribution in [0, 0.1) is 0 Å². The molecule has 119 valence electrons. The zero-order chi connectivity index (χ0) is 17.1. The Kier molecular flexibility index (Phi) is 4.22. The molecule has 0 aliphatic carbocycles. The Labute approximate surface area is 151 Å². The Morgan fingerprint density at radius 3 is 1.68 bits per heavy atom. The molecule has 1 nitrogen and oxygen atoms in total. The van der Waals surface area contributed by atoms with Gasteiger partial charge in [-0.05, 0) is 27.5 Å². The van der Waals surface area contributed by atoms with Gasteiger partial charge < -0.3 is 4.43 Å². The van der Waals surface area contributed by atoms with Crippen molar-refractivity contribution in [2.24, 2.45) is 0 Å². The minimum absolute atomic E-state index is 0.736. The van der Waals surface area contributed by atoms with Crippen molar-refractivity contribution in [2.75, 3.05) is 0 Å². The molecule has 0 heterocycles. The zero-order valence-electron chi connectivity index (χ0n) is 13.7. The van der Waals surface area contributed by atoms with E-state index in [0.717, 1.165) is 16.7 Å². The lowest BCUT2D eigenvalue weighted by Gasteiger charge is -2.35. The lowest BCUT2D eigenvalue weighted by atomic mass is 9.78. The van der Waals surface area contributed by atoms with Crippen LogP contribution in [-0.4, -0.2) is 10.5 Å². The van der Waals surface area contributed by atoms with Crippen molar-refractivity contribution in [3.8, 4) is 0 Å². The second-order valence-electron chi connectivity index (χ2n) is 6.04. The second kappa shape index (κ2) is 6.67. The van der Waals surface area contributed by atoms with Crippen LogP contribution in [-0.2, 0) is 10.0 Å². The van der Waals surface area contributed by atoms with E-state index in [1.54, 1.807) is 0 Å². The van der Waals surface area contributed by atoms with Gasteiger partial charge in [0.2, 0.25) is 10.5 Å². The van der Waals surface area contributed by atoms with E-state index >= 15 is 0 Å². The Morgan fingerprint density at radius 2 is 1.08 bits per heavy atom. The molecule has 0 aromatic heterocycles. The first kappa shape index (κ1) is 15.8. The van der Waals surface area contributed by atoms with Crippen molar-refractivity contribution in [1.82, 2.24) is 0 Å². The van der Waals surface area contributed by atoms with Gasteiger partial charge in [-0.15, -0.1) is 0 Å². The molecule has 0 saturated carbocycles. The summed E-state index contributed by atoms with van der Waals surface area (Å²) in [5.41, 5.74) is 2.53. The number of hydrogen-bond acceptors (Lipinski definition) is 1. The van der Waals surface area contributed by atoms with Crippen LogP contribution in [0.4, 0.5) is 0 Å². The molecule has 0 fully saturated rings. The Balaban J connectivity index is 2.11. The van der Waals surface area contributed by atoms with Crippen LogP contribution in [0.5, 0.6) is 0 Å². The maximum Gasteiger partial charge on any atom is 0.248 e. The fourth-order valence-electron chi connectivity index (χ4n) is 3.53. The van der Waals surface area contributed by atoms with Crippen LogP contribution in [0.25, 0.3) is 10.8 Å². The molecule has 0 N–H and O–H groups in total. The third kappa shape index (κ3) is 2.60. The average Bonchev–Trinajstić information content (AvgIpc) is 2.71. The largest absolute Gasteiger partial charge is 0.401 e. The summed E-state index contributed by atoms with van der Waals surface area (Å²) in [7, 11) is 3.43. The Bertz CT molecular complexity index is 936. The second-order valence-corrected chi connectivity index (χ2v) is 6.25. The Morgan fingerprint density at radius 1 is 0.560 bits per heavy atom. The summed E-state index contributed by atoms with van der Waals surface area (Å²) >= 11 is 0. The standard InChI is InChI=1S/C23H17OSi/c25-24-23(19-12-3-1-4-13-19,20-14-5-2-6-15-20)22-17-9-11-18-10-7-8-16-21(18)22/h1-17H. The predicted molar refractivity (Wildman–Crippen MR) is 104 cm³/mol. The Hall–Kier alpha value is -2.68. The van der Waals surface area contributed by atoms with Crippen molar-refractivity contribution in [2.45, 2.75) is 5.60 Å². The third-order valence-electron chi connectivity index (χ3n) is 4.68. The monoisotopic (exact) mass is 337 g/mol. The van der Waals surface area contributed by atoms with Gasteiger partial charge >= 0.3 is 0 Å². The minimum atomic E-state index is -0.736. The molecule has 0 aliphatic rings. The van der Waals surface area contributed by atoms with Gasteiger partial charge in [-0.2, -0.15) is 0 Å². The molecule has 0 bridgehead atoms. The van der Waals surface area contributed by atoms with E-state index in [1.807, 2.05) is 36.4 Å². The lowest BCUT2D eigenvalue weighted by Crippen LogP contribution is -2.32. The predicted octanol–water partition coefficient (Wildman–Crippen LogP) is 5.23. The first-order valence-electron chi connectivity index (χ1n) is 8.30. The van der Waals surface area contributed by atoms with E-state index in [1.165, 1.54) is 10.8 Å². The minimum Gasteiger partial charge on any atom is -0.401 e. The molecule has 4 rings (SSSR count). The summed E-state index contributed by atoms with van der Waals surface area (Å²) in [6, 6.07) is 35.4. The summed E-state index contributed by atoms with van der Waals surface area (Å²) in [5, 5.41) is 2.37. The normalized spacial score (nSPS) is 11.6. The molecule has 0 spiro atoms. The molecular weight excluding hydrogens is 320 g/mol. The molecular formula is C23H17OSi. The van der Waals surface area contributed by atoms with E-state index in [9.17, 15) is 0 Å². The maximum atomic E-state index is 6.11. The van der Waals surface area contributed by atoms with Gasteiger partial charge in [0.15, 0.2) is 0 Å². The smallest absolute Gasteiger partial charge is 0.248 e.